The number of pyridine rings is 1. The Morgan fingerprint density at radius 2 is 2.07 bits per heavy atom. The second-order valence-corrected chi connectivity index (χ2v) is 7.17. The molecule has 0 saturated carbocycles. The van der Waals surface area contributed by atoms with Gasteiger partial charge in [0.2, 0.25) is 0 Å². The molecular formula is C21H28ClN5O. The first-order valence-corrected chi connectivity index (χ1v) is 10.1. The minimum atomic E-state index is 0.304. The Balaban J connectivity index is 1.48. The van der Waals surface area contributed by atoms with E-state index in [9.17, 15) is 0 Å². The monoisotopic (exact) mass is 401 g/mol. The third kappa shape index (κ3) is 5.59. The van der Waals surface area contributed by atoms with Crippen molar-refractivity contribution in [1.82, 2.24) is 15.6 Å². The number of hydrogen-bond acceptors (Lipinski definition) is 4. The van der Waals surface area contributed by atoms with Crippen LogP contribution < -0.4 is 15.5 Å². The van der Waals surface area contributed by atoms with Crippen molar-refractivity contribution in [3.63, 3.8) is 0 Å². The number of nitrogens with zero attached hydrogens (tertiary/aromatic N) is 3. The molecule has 0 aliphatic carbocycles. The number of aliphatic imine (C=N–C) groups is 1. The molecule has 1 aromatic heterocycles. The van der Waals surface area contributed by atoms with Crippen molar-refractivity contribution in [3.8, 4) is 0 Å². The lowest BCUT2D eigenvalue weighted by Gasteiger charge is -2.20. The molecule has 1 aliphatic rings. The van der Waals surface area contributed by atoms with E-state index in [0.29, 0.717) is 17.7 Å². The summed E-state index contributed by atoms with van der Waals surface area (Å²) in [6.45, 7) is 5.89. The first-order valence-electron chi connectivity index (χ1n) is 9.67. The van der Waals surface area contributed by atoms with Crippen molar-refractivity contribution in [2.24, 2.45) is 4.99 Å². The van der Waals surface area contributed by atoms with Gasteiger partial charge in [-0.2, -0.15) is 0 Å². The third-order valence-electron chi connectivity index (χ3n) is 4.75. The van der Waals surface area contributed by atoms with Crippen molar-refractivity contribution in [3.05, 3.63) is 58.7 Å². The molecular weight excluding hydrogens is 374 g/mol. The van der Waals surface area contributed by atoms with Gasteiger partial charge in [0.15, 0.2) is 5.96 Å². The van der Waals surface area contributed by atoms with Crippen molar-refractivity contribution >= 4 is 23.4 Å². The number of hydrogen-bond donors (Lipinski definition) is 2. The maximum atomic E-state index is 6.27. The number of ether oxygens (including phenoxy) is 1. The van der Waals surface area contributed by atoms with Gasteiger partial charge in [-0.15, -0.1) is 0 Å². The van der Waals surface area contributed by atoms with Gasteiger partial charge in [0.05, 0.1) is 11.6 Å². The molecule has 1 atom stereocenters. The Bertz CT molecular complexity index is 781. The second kappa shape index (κ2) is 10.3. The smallest absolute Gasteiger partial charge is 0.191 e. The van der Waals surface area contributed by atoms with Gasteiger partial charge in [-0.1, -0.05) is 35.9 Å². The number of rotatable bonds is 7. The second-order valence-electron chi connectivity index (χ2n) is 6.76. The average molecular weight is 402 g/mol. The fourth-order valence-corrected chi connectivity index (χ4v) is 3.47. The SMILES string of the molecule is CCOCc1ccc(CNC(=NC)NC2CCN(c3ncccc3Cl)C2)cc1. The molecule has 0 amide bonds. The largest absolute Gasteiger partial charge is 0.377 e. The number of aromatic nitrogens is 1. The van der Waals surface area contributed by atoms with Gasteiger partial charge in [-0.25, -0.2) is 4.98 Å². The number of anilines is 1. The van der Waals surface area contributed by atoms with E-state index in [1.807, 2.05) is 19.1 Å². The summed E-state index contributed by atoms with van der Waals surface area (Å²) < 4.78 is 5.44. The van der Waals surface area contributed by atoms with Crippen LogP contribution in [0.25, 0.3) is 0 Å². The standard InChI is InChI=1S/C21H28ClN5O/c1-3-28-15-17-8-6-16(7-9-17)13-25-21(23-2)26-18-10-12-27(14-18)20-19(22)5-4-11-24-20/h4-9,11,18H,3,10,12-15H2,1-2H3,(H2,23,25,26). The molecule has 1 fully saturated rings. The lowest BCUT2D eigenvalue weighted by atomic mass is 10.1. The summed E-state index contributed by atoms with van der Waals surface area (Å²) in [5.41, 5.74) is 2.39. The van der Waals surface area contributed by atoms with Crippen LogP contribution in [-0.4, -0.2) is 43.7 Å². The van der Waals surface area contributed by atoms with Crippen LogP contribution >= 0.6 is 11.6 Å². The molecule has 3 rings (SSSR count). The normalized spacial score (nSPS) is 17.0. The molecule has 150 valence electrons. The predicted molar refractivity (Wildman–Crippen MR) is 115 cm³/mol. The highest BCUT2D eigenvalue weighted by atomic mass is 35.5. The fourth-order valence-electron chi connectivity index (χ4n) is 3.23. The van der Waals surface area contributed by atoms with E-state index in [1.54, 1.807) is 13.2 Å². The van der Waals surface area contributed by atoms with E-state index in [2.05, 4.69) is 49.8 Å². The quantitative estimate of drug-likeness (QED) is 0.551. The van der Waals surface area contributed by atoms with Gasteiger partial charge in [-0.05, 0) is 36.6 Å². The fraction of sp³-hybridized carbons (Fsp3) is 0.429. The third-order valence-corrected chi connectivity index (χ3v) is 5.04. The van der Waals surface area contributed by atoms with Crippen molar-refractivity contribution in [2.75, 3.05) is 31.6 Å². The molecule has 0 bridgehead atoms. The molecule has 2 heterocycles. The summed E-state index contributed by atoms with van der Waals surface area (Å²) in [6, 6.07) is 12.5. The molecule has 7 heteroatoms. The maximum Gasteiger partial charge on any atom is 0.191 e. The number of benzene rings is 1. The molecule has 1 aliphatic heterocycles. The minimum Gasteiger partial charge on any atom is -0.377 e. The zero-order valence-corrected chi connectivity index (χ0v) is 17.2. The summed E-state index contributed by atoms with van der Waals surface area (Å²) in [6.07, 6.45) is 2.79. The lowest BCUT2D eigenvalue weighted by molar-refractivity contribution is 0.134. The Morgan fingerprint density at radius 3 is 2.79 bits per heavy atom. The van der Waals surface area contributed by atoms with E-state index in [-0.39, 0.29) is 0 Å². The molecule has 28 heavy (non-hydrogen) atoms. The molecule has 2 aromatic rings. The number of nitrogens with one attached hydrogen (secondary N) is 2. The van der Waals surface area contributed by atoms with E-state index < -0.39 is 0 Å². The Hall–Kier alpha value is -2.31. The number of halogens is 1. The van der Waals surface area contributed by atoms with Crippen LogP contribution in [0.2, 0.25) is 5.02 Å². The Kier molecular flexibility index (Phi) is 7.51. The first-order chi connectivity index (χ1) is 13.7. The highest BCUT2D eigenvalue weighted by molar-refractivity contribution is 6.32. The van der Waals surface area contributed by atoms with Crippen LogP contribution in [0.5, 0.6) is 0 Å². The van der Waals surface area contributed by atoms with E-state index in [4.69, 9.17) is 16.3 Å². The Morgan fingerprint density at radius 1 is 1.29 bits per heavy atom. The zero-order valence-electron chi connectivity index (χ0n) is 16.5. The molecule has 2 N–H and O–H groups in total. The lowest BCUT2D eigenvalue weighted by Crippen LogP contribution is -2.44. The van der Waals surface area contributed by atoms with Crippen LogP contribution in [0, 0.1) is 0 Å². The van der Waals surface area contributed by atoms with Gasteiger partial charge in [0, 0.05) is 45.5 Å². The molecule has 1 aromatic carbocycles. The zero-order chi connectivity index (χ0) is 19.8. The minimum absolute atomic E-state index is 0.304. The summed E-state index contributed by atoms with van der Waals surface area (Å²) in [7, 11) is 1.79. The van der Waals surface area contributed by atoms with E-state index in [1.165, 1.54) is 11.1 Å². The van der Waals surface area contributed by atoms with Gasteiger partial charge >= 0.3 is 0 Å². The molecule has 1 unspecified atom stereocenters. The van der Waals surface area contributed by atoms with Gasteiger partial charge in [0.25, 0.3) is 0 Å². The predicted octanol–water partition coefficient (Wildman–Crippen LogP) is 3.22. The van der Waals surface area contributed by atoms with Crippen LogP contribution in [0.4, 0.5) is 5.82 Å². The van der Waals surface area contributed by atoms with Crippen LogP contribution in [-0.2, 0) is 17.9 Å². The highest BCUT2D eigenvalue weighted by Gasteiger charge is 2.25. The number of guanidine groups is 1. The molecule has 6 nitrogen and oxygen atoms in total. The summed E-state index contributed by atoms with van der Waals surface area (Å²) >= 11 is 6.27. The van der Waals surface area contributed by atoms with Gasteiger partial charge in [0.1, 0.15) is 5.82 Å². The van der Waals surface area contributed by atoms with Crippen molar-refractivity contribution in [2.45, 2.75) is 32.5 Å². The van der Waals surface area contributed by atoms with Crippen LogP contribution in [0.1, 0.15) is 24.5 Å². The van der Waals surface area contributed by atoms with E-state index in [0.717, 1.165) is 44.4 Å². The van der Waals surface area contributed by atoms with E-state index >= 15 is 0 Å². The average Bonchev–Trinajstić information content (AvgIpc) is 3.19. The Labute approximate surface area is 172 Å². The van der Waals surface area contributed by atoms with Crippen molar-refractivity contribution < 1.29 is 4.74 Å². The topological polar surface area (TPSA) is 61.8 Å². The van der Waals surface area contributed by atoms with Gasteiger partial charge < -0.3 is 20.3 Å². The van der Waals surface area contributed by atoms with Crippen molar-refractivity contribution in [1.29, 1.82) is 0 Å². The molecule has 0 spiro atoms. The summed E-state index contributed by atoms with van der Waals surface area (Å²) in [5.74, 6) is 1.65. The molecule has 0 radical (unpaired) electrons. The summed E-state index contributed by atoms with van der Waals surface area (Å²) in [5, 5.41) is 7.58. The highest BCUT2D eigenvalue weighted by Crippen LogP contribution is 2.25. The molecule has 1 saturated heterocycles. The van der Waals surface area contributed by atoms with Crippen LogP contribution in [0.15, 0.2) is 47.6 Å². The summed E-state index contributed by atoms with van der Waals surface area (Å²) in [4.78, 5) is 11.0. The van der Waals surface area contributed by atoms with Crippen LogP contribution in [0.3, 0.4) is 0 Å². The first kappa shape index (κ1) is 20.4. The van der Waals surface area contributed by atoms with Gasteiger partial charge in [-0.3, -0.25) is 4.99 Å². The maximum absolute atomic E-state index is 6.27.